The van der Waals surface area contributed by atoms with E-state index in [-0.39, 0.29) is 43.2 Å². The highest BCUT2D eigenvalue weighted by Gasteiger charge is 2.54. The number of carbonyl (C=O) groups excluding carboxylic acids is 3. The number of carboxylic acid groups (broad SMARTS) is 1. The van der Waals surface area contributed by atoms with Crippen LogP contribution in [0.25, 0.3) is 0 Å². The molecule has 0 aromatic heterocycles. The van der Waals surface area contributed by atoms with Gasteiger partial charge in [0, 0.05) is 19.4 Å². The number of rotatable bonds is 12. The van der Waals surface area contributed by atoms with Gasteiger partial charge in [0.25, 0.3) is 5.91 Å². The van der Waals surface area contributed by atoms with Gasteiger partial charge in [0.05, 0.1) is 6.54 Å². The topological polar surface area (TPSA) is 160 Å². The smallest absolute Gasteiger partial charge is 0.433 e. The Morgan fingerprint density at radius 2 is 1.51 bits per heavy atom. The summed E-state index contributed by atoms with van der Waals surface area (Å²) < 4.78 is 0. The summed E-state index contributed by atoms with van der Waals surface area (Å²) in [7, 11) is 0. The Bertz CT molecular complexity index is 1350. The third-order valence-corrected chi connectivity index (χ3v) is 8.17. The molecule has 4 amide bonds. The molecule has 2 aromatic carbocycles. The van der Waals surface area contributed by atoms with Crippen molar-refractivity contribution in [3.8, 4) is 11.5 Å². The SMILES string of the molecule is CC(C)CCCNC(=O)[C@H](Cc1ccc(O)cc1)N1CC2N(C(=O)O)O[C@H](CC(C)C)C(=O)N2[C@@H](Cc2ccc(O)cc2)C1=O. The zero-order valence-electron chi connectivity index (χ0n) is 26.3. The summed E-state index contributed by atoms with van der Waals surface area (Å²) in [6, 6.07) is 10.4. The van der Waals surface area contributed by atoms with E-state index in [4.69, 9.17) is 4.84 Å². The highest BCUT2D eigenvalue weighted by Crippen LogP contribution is 2.32. The molecule has 12 heteroatoms. The monoisotopic (exact) mass is 624 g/mol. The number of phenols is 2. The average Bonchev–Trinajstić information content (AvgIpc) is 2.98. The molecule has 0 spiro atoms. The number of amides is 4. The van der Waals surface area contributed by atoms with Crippen molar-refractivity contribution in [2.75, 3.05) is 13.1 Å². The van der Waals surface area contributed by atoms with Crippen LogP contribution in [-0.4, -0.2) is 91.4 Å². The number of nitrogens with zero attached hydrogens (tertiary/aromatic N) is 3. The predicted octanol–water partition coefficient (Wildman–Crippen LogP) is 3.51. The second-order valence-corrected chi connectivity index (χ2v) is 12.6. The Kier molecular flexibility index (Phi) is 10.9. The van der Waals surface area contributed by atoms with E-state index in [1.165, 1.54) is 34.1 Å². The van der Waals surface area contributed by atoms with Gasteiger partial charge in [-0.1, -0.05) is 52.0 Å². The first-order valence-corrected chi connectivity index (χ1v) is 15.5. The molecule has 4 rings (SSSR count). The Balaban J connectivity index is 1.74. The van der Waals surface area contributed by atoms with Crippen LogP contribution in [0.5, 0.6) is 11.5 Å². The fourth-order valence-electron chi connectivity index (χ4n) is 5.88. The number of hydroxylamine groups is 2. The van der Waals surface area contributed by atoms with Crippen molar-refractivity contribution in [2.24, 2.45) is 11.8 Å². The standard InChI is InChI=1S/C33H44N4O8/c1-20(2)6-5-15-34-30(40)26(17-22-7-11-24(38)12-8-22)35-19-29-36(27(31(35)41)18-23-9-13-25(39)14-10-23)32(42)28(16-21(3)4)45-37(29)33(43)44/h7-14,20-21,26-29,38-39H,5-6,15-19H2,1-4H3,(H,34,40)(H,43,44)/t26-,27-,28+,29?/m0/s1. The van der Waals surface area contributed by atoms with Crippen LogP contribution in [0, 0.1) is 11.8 Å². The fraction of sp³-hybridized carbons (Fsp3) is 0.515. The maximum Gasteiger partial charge on any atom is 0.433 e. The molecule has 2 aromatic rings. The van der Waals surface area contributed by atoms with Gasteiger partial charge < -0.3 is 30.4 Å². The molecule has 0 aliphatic carbocycles. The lowest BCUT2D eigenvalue weighted by Gasteiger charge is -2.53. The summed E-state index contributed by atoms with van der Waals surface area (Å²) in [5, 5.41) is 33.5. The van der Waals surface area contributed by atoms with Gasteiger partial charge in [-0.25, -0.2) is 4.79 Å². The van der Waals surface area contributed by atoms with Crippen molar-refractivity contribution in [3.05, 3.63) is 59.7 Å². The molecule has 4 atom stereocenters. The van der Waals surface area contributed by atoms with Gasteiger partial charge >= 0.3 is 6.09 Å². The first kappa shape index (κ1) is 33.6. The zero-order chi connectivity index (χ0) is 32.8. The quantitative estimate of drug-likeness (QED) is 0.261. The molecule has 4 N–H and O–H groups in total. The minimum Gasteiger partial charge on any atom is -0.508 e. The molecular weight excluding hydrogens is 580 g/mol. The minimum atomic E-state index is -1.42. The van der Waals surface area contributed by atoms with Gasteiger partial charge in [-0.05, 0) is 66.5 Å². The molecule has 244 valence electrons. The Morgan fingerprint density at radius 3 is 2.07 bits per heavy atom. The largest absolute Gasteiger partial charge is 0.508 e. The number of nitrogens with one attached hydrogen (secondary N) is 1. The van der Waals surface area contributed by atoms with E-state index in [1.54, 1.807) is 24.3 Å². The summed E-state index contributed by atoms with van der Waals surface area (Å²) in [6.07, 6.45) is -1.70. The summed E-state index contributed by atoms with van der Waals surface area (Å²) in [5.74, 6) is -0.839. The predicted molar refractivity (Wildman–Crippen MR) is 165 cm³/mol. The first-order chi connectivity index (χ1) is 21.3. The van der Waals surface area contributed by atoms with Crippen LogP contribution in [0.2, 0.25) is 0 Å². The number of hydrogen-bond acceptors (Lipinski definition) is 7. The maximum absolute atomic E-state index is 14.5. The van der Waals surface area contributed by atoms with Crippen molar-refractivity contribution < 1.29 is 39.3 Å². The fourth-order valence-corrected chi connectivity index (χ4v) is 5.88. The van der Waals surface area contributed by atoms with Crippen LogP contribution in [0.15, 0.2) is 48.5 Å². The molecule has 0 bridgehead atoms. The van der Waals surface area contributed by atoms with Crippen LogP contribution in [-0.2, 0) is 32.1 Å². The number of phenolic OH excluding ortho intramolecular Hbond substituents is 2. The van der Waals surface area contributed by atoms with Crippen LogP contribution in [0.4, 0.5) is 4.79 Å². The average molecular weight is 625 g/mol. The van der Waals surface area contributed by atoms with Gasteiger partial charge in [-0.15, -0.1) is 0 Å². The minimum absolute atomic E-state index is 0.00719. The second kappa shape index (κ2) is 14.6. The Hall–Kier alpha value is -4.32. The second-order valence-electron chi connectivity index (χ2n) is 12.6. The lowest BCUT2D eigenvalue weighted by atomic mass is 9.94. The van der Waals surface area contributed by atoms with Crippen LogP contribution >= 0.6 is 0 Å². The number of carbonyl (C=O) groups is 4. The van der Waals surface area contributed by atoms with Gasteiger partial charge in [-0.2, -0.15) is 5.06 Å². The van der Waals surface area contributed by atoms with Crippen LogP contribution in [0.3, 0.4) is 0 Å². The summed E-state index contributed by atoms with van der Waals surface area (Å²) in [6.45, 7) is 8.08. The van der Waals surface area contributed by atoms with Gasteiger partial charge in [0.1, 0.15) is 23.6 Å². The van der Waals surface area contributed by atoms with E-state index in [9.17, 15) is 34.5 Å². The van der Waals surface area contributed by atoms with Crippen molar-refractivity contribution >= 4 is 23.8 Å². The highest BCUT2D eigenvalue weighted by atomic mass is 16.7. The molecule has 12 nitrogen and oxygen atoms in total. The van der Waals surface area contributed by atoms with Crippen molar-refractivity contribution in [3.63, 3.8) is 0 Å². The van der Waals surface area contributed by atoms with Gasteiger partial charge in [0.2, 0.25) is 11.8 Å². The van der Waals surface area contributed by atoms with Crippen LogP contribution < -0.4 is 5.32 Å². The number of benzene rings is 2. The zero-order valence-corrected chi connectivity index (χ0v) is 26.3. The van der Waals surface area contributed by atoms with Crippen molar-refractivity contribution in [2.45, 2.75) is 84.2 Å². The van der Waals surface area contributed by atoms with E-state index in [0.717, 1.165) is 17.9 Å². The molecule has 0 saturated carbocycles. The molecule has 2 fully saturated rings. The van der Waals surface area contributed by atoms with E-state index >= 15 is 0 Å². The third-order valence-electron chi connectivity index (χ3n) is 8.17. The highest BCUT2D eigenvalue weighted by molar-refractivity contribution is 5.95. The van der Waals surface area contributed by atoms with Gasteiger partial charge in [0.15, 0.2) is 12.3 Å². The molecule has 2 aliphatic heterocycles. The van der Waals surface area contributed by atoms with Crippen molar-refractivity contribution in [1.29, 1.82) is 0 Å². The normalized spacial score (nSPS) is 20.8. The molecule has 0 radical (unpaired) electrons. The maximum atomic E-state index is 14.5. The van der Waals surface area contributed by atoms with Crippen molar-refractivity contribution in [1.82, 2.24) is 20.2 Å². The molecule has 1 unspecified atom stereocenters. The lowest BCUT2D eigenvalue weighted by molar-refractivity contribution is -0.267. The number of piperazine rings is 1. The van der Waals surface area contributed by atoms with E-state index in [2.05, 4.69) is 19.2 Å². The summed E-state index contributed by atoms with van der Waals surface area (Å²) in [4.78, 5) is 63.1. The molecular formula is C33H44N4O8. The summed E-state index contributed by atoms with van der Waals surface area (Å²) in [5.41, 5.74) is 1.32. The number of fused-ring (bicyclic) bond motifs is 1. The molecule has 2 heterocycles. The summed E-state index contributed by atoms with van der Waals surface area (Å²) >= 11 is 0. The Labute approximate surface area is 263 Å². The lowest BCUT2D eigenvalue weighted by Crippen LogP contribution is -2.75. The third kappa shape index (κ3) is 8.24. The van der Waals surface area contributed by atoms with Crippen LogP contribution in [0.1, 0.15) is 58.1 Å². The first-order valence-electron chi connectivity index (χ1n) is 15.5. The van der Waals surface area contributed by atoms with E-state index in [0.29, 0.717) is 23.6 Å². The Morgan fingerprint density at radius 1 is 0.911 bits per heavy atom. The molecule has 2 aliphatic rings. The van der Waals surface area contributed by atoms with Gasteiger partial charge in [-0.3, -0.25) is 19.2 Å². The molecule has 2 saturated heterocycles. The number of aromatic hydroxyl groups is 2. The molecule has 45 heavy (non-hydrogen) atoms. The number of hydrogen-bond donors (Lipinski definition) is 4. The van der Waals surface area contributed by atoms with E-state index < -0.39 is 48.2 Å². The van der Waals surface area contributed by atoms with E-state index in [1.807, 2.05) is 13.8 Å².